The fourth-order valence-electron chi connectivity index (χ4n) is 1.21. The lowest BCUT2D eigenvalue weighted by Crippen LogP contribution is -2.35. The molecule has 0 amide bonds. The average molecular weight is 240 g/mol. The highest BCUT2D eigenvalue weighted by Crippen LogP contribution is 2.10. The molecule has 0 saturated carbocycles. The average Bonchev–Trinajstić information content (AvgIpc) is 2.28. The van der Waals surface area contributed by atoms with Crippen molar-refractivity contribution in [3.8, 4) is 0 Å². The van der Waals surface area contributed by atoms with Gasteiger partial charge >= 0.3 is 0 Å². The Kier molecular flexibility index (Phi) is 4.77. The molecule has 0 aliphatic rings. The van der Waals surface area contributed by atoms with Gasteiger partial charge in [-0.2, -0.15) is 5.10 Å². The minimum atomic E-state index is -0.849. The van der Waals surface area contributed by atoms with Gasteiger partial charge < -0.3 is 15.2 Å². The normalized spacial score (nSPS) is 14.4. The van der Waals surface area contributed by atoms with Gasteiger partial charge in [0.05, 0.1) is 17.0 Å². The molecule has 1 unspecified atom stereocenters. The summed E-state index contributed by atoms with van der Waals surface area (Å²) in [6, 6.07) is 0. The monoisotopic (exact) mass is 240 g/mol. The van der Waals surface area contributed by atoms with Gasteiger partial charge in [-0.3, -0.25) is 0 Å². The number of aliphatic hydroxyl groups is 1. The summed E-state index contributed by atoms with van der Waals surface area (Å²) in [6.45, 7) is 6.35. The summed E-state index contributed by atoms with van der Waals surface area (Å²) in [5.41, 5.74) is 0.791. The summed E-state index contributed by atoms with van der Waals surface area (Å²) >= 11 is 0. The largest absolute Gasteiger partial charge is 0.388 e. The Balaban J connectivity index is 2.51. The van der Waals surface area contributed by atoms with Gasteiger partial charge in [0.2, 0.25) is 5.95 Å². The first-order valence-corrected chi connectivity index (χ1v) is 5.58. The third-order valence-electron chi connectivity index (χ3n) is 2.56. The molecule has 0 aliphatic heterocycles. The maximum absolute atomic E-state index is 10.0. The fourth-order valence-corrected chi connectivity index (χ4v) is 1.21. The predicted octanol–water partition coefficient (Wildman–Crippen LogP) is 0.688. The van der Waals surface area contributed by atoms with E-state index >= 15 is 0 Å². The molecule has 1 rings (SSSR count). The summed E-state index contributed by atoms with van der Waals surface area (Å²) in [5, 5.41) is 20.9. The molecule has 0 fully saturated rings. The number of hydrogen-bond acceptors (Lipinski definition) is 6. The van der Waals surface area contributed by atoms with Crippen molar-refractivity contribution >= 4 is 5.95 Å². The third-order valence-corrected chi connectivity index (χ3v) is 2.56. The number of anilines is 1. The van der Waals surface area contributed by atoms with Crippen LogP contribution in [0, 0.1) is 13.8 Å². The number of aromatic nitrogens is 3. The lowest BCUT2D eigenvalue weighted by molar-refractivity contribution is 0.0356. The van der Waals surface area contributed by atoms with Crippen molar-refractivity contribution in [1.29, 1.82) is 0 Å². The Hall–Kier alpha value is -1.27. The Morgan fingerprint density at radius 1 is 1.29 bits per heavy atom. The van der Waals surface area contributed by atoms with Crippen molar-refractivity contribution in [1.82, 2.24) is 15.2 Å². The SMILES string of the molecule is COCCC(C)(O)CNc1nnc(C)c(C)n1. The van der Waals surface area contributed by atoms with Crippen LogP contribution in [0.4, 0.5) is 5.95 Å². The molecular formula is C11H20N4O2. The zero-order valence-corrected chi connectivity index (χ0v) is 10.8. The van der Waals surface area contributed by atoms with Crippen LogP contribution in [0.5, 0.6) is 0 Å². The van der Waals surface area contributed by atoms with Crippen LogP contribution in [-0.2, 0) is 4.74 Å². The summed E-state index contributed by atoms with van der Waals surface area (Å²) in [4.78, 5) is 4.23. The van der Waals surface area contributed by atoms with Crippen molar-refractivity contribution in [2.75, 3.05) is 25.6 Å². The van der Waals surface area contributed by atoms with Crippen LogP contribution in [-0.4, -0.2) is 46.2 Å². The maximum atomic E-state index is 10.0. The molecule has 1 aromatic rings. The van der Waals surface area contributed by atoms with Gasteiger partial charge in [0.15, 0.2) is 0 Å². The number of rotatable bonds is 6. The smallest absolute Gasteiger partial charge is 0.243 e. The summed E-state index contributed by atoms with van der Waals surface area (Å²) < 4.78 is 4.93. The lowest BCUT2D eigenvalue weighted by atomic mass is 10.0. The predicted molar refractivity (Wildman–Crippen MR) is 64.9 cm³/mol. The zero-order valence-electron chi connectivity index (χ0n) is 10.8. The van der Waals surface area contributed by atoms with E-state index in [1.807, 2.05) is 13.8 Å². The van der Waals surface area contributed by atoms with Crippen molar-refractivity contribution in [3.05, 3.63) is 11.4 Å². The number of nitrogens with zero attached hydrogens (tertiary/aromatic N) is 3. The standard InChI is InChI=1S/C11H20N4O2/c1-8-9(2)14-15-10(13-8)12-7-11(3,16)5-6-17-4/h16H,5-7H2,1-4H3,(H,12,13,15). The molecule has 0 saturated heterocycles. The molecule has 0 aromatic carbocycles. The van der Waals surface area contributed by atoms with E-state index in [2.05, 4.69) is 20.5 Å². The second-order valence-electron chi connectivity index (χ2n) is 4.40. The van der Waals surface area contributed by atoms with Crippen LogP contribution in [0.2, 0.25) is 0 Å². The molecule has 1 heterocycles. The fraction of sp³-hybridized carbons (Fsp3) is 0.727. The Bertz CT molecular complexity index is 368. The van der Waals surface area contributed by atoms with Gasteiger partial charge in [-0.25, -0.2) is 4.98 Å². The highest BCUT2D eigenvalue weighted by atomic mass is 16.5. The zero-order chi connectivity index (χ0) is 12.9. The lowest BCUT2D eigenvalue weighted by Gasteiger charge is -2.23. The van der Waals surface area contributed by atoms with Gasteiger partial charge in [0.25, 0.3) is 0 Å². The summed E-state index contributed by atoms with van der Waals surface area (Å²) in [5.74, 6) is 0.436. The second kappa shape index (κ2) is 5.88. The van der Waals surface area contributed by atoms with E-state index in [1.54, 1.807) is 14.0 Å². The third kappa shape index (κ3) is 4.62. The molecule has 6 heteroatoms. The van der Waals surface area contributed by atoms with E-state index in [4.69, 9.17) is 4.74 Å². The van der Waals surface area contributed by atoms with Crippen molar-refractivity contribution in [2.24, 2.45) is 0 Å². The van der Waals surface area contributed by atoms with E-state index in [9.17, 15) is 5.11 Å². The topological polar surface area (TPSA) is 80.2 Å². The molecule has 2 N–H and O–H groups in total. The Labute approximate surface area is 101 Å². The first kappa shape index (κ1) is 13.8. The van der Waals surface area contributed by atoms with Crippen LogP contribution >= 0.6 is 0 Å². The molecule has 0 radical (unpaired) electrons. The molecule has 0 aliphatic carbocycles. The minimum absolute atomic E-state index is 0.362. The van der Waals surface area contributed by atoms with Gasteiger partial charge in [0.1, 0.15) is 0 Å². The molecule has 1 aromatic heterocycles. The summed E-state index contributed by atoms with van der Waals surface area (Å²) in [7, 11) is 1.61. The Morgan fingerprint density at radius 2 is 2.00 bits per heavy atom. The van der Waals surface area contributed by atoms with Gasteiger partial charge in [-0.05, 0) is 20.8 Å². The molecule has 0 spiro atoms. The first-order valence-electron chi connectivity index (χ1n) is 5.58. The molecule has 17 heavy (non-hydrogen) atoms. The Morgan fingerprint density at radius 3 is 2.59 bits per heavy atom. The highest BCUT2D eigenvalue weighted by molar-refractivity contribution is 5.25. The first-order chi connectivity index (χ1) is 7.94. The number of aryl methyl sites for hydroxylation is 2. The molecule has 1 atom stereocenters. The van der Waals surface area contributed by atoms with Crippen LogP contribution in [0.15, 0.2) is 0 Å². The highest BCUT2D eigenvalue weighted by Gasteiger charge is 2.20. The van der Waals surface area contributed by atoms with Crippen molar-refractivity contribution < 1.29 is 9.84 Å². The molecule has 96 valence electrons. The van der Waals surface area contributed by atoms with Crippen LogP contribution in [0.3, 0.4) is 0 Å². The maximum Gasteiger partial charge on any atom is 0.243 e. The van der Waals surface area contributed by atoms with E-state index in [-0.39, 0.29) is 0 Å². The van der Waals surface area contributed by atoms with E-state index in [0.717, 1.165) is 11.4 Å². The van der Waals surface area contributed by atoms with Gasteiger partial charge in [0, 0.05) is 26.7 Å². The quantitative estimate of drug-likeness (QED) is 0.761. The molecular weight excluding hydrogens is 220 g/mol. The van der Waals surface area contributed by atoms with Crippen molar-refractivity contribution in [3.63, 3.8) is 0 Å². The van der Waals surface area contributed by atoms with Gasteiger partial charge in [-0.1, -0.05) is 0 Å². The van der Waals surface area contributed by atoms with E-state index in [1.165, 1.54) is 0 Å². The van der Waals surface area contributed by atoms with Crippen molar-refractivity contribution in [2.45, 2.75) is 32.8 Å². The number of methoxy groups -OCH3 is 1. The molecule has 6 nitrogen and oxygen atoms in total. The van der Waals surface area contributed by atoms with E-state index in [0.29, 0.717) is 25.5 Å². The van der Waals surface area contributed by atoms with Crippen LogP contribution in [0.25, 0.3) is 0 Å². The number of nitrogens with one attached hydrogen (secondary N) is 1. The number of ether oxygens (including phenoxy) is 1. The van der Waals surface area contributed by atoms with Crippen LogP contribution in [0.1, 0.15) is 24.7 Å². The van der Waals surface area contributed by atoms with Gasteiger partial charge in [-0.15, -0.1) is 5.10 Å². The molecule has 0 bridgehead atoms. The minimum Gasteiger partial charge on any atom is -0.388 e. The summed E-state index contributed by atoms with van der Waals surface area (Å²) in [6.07, 6.45) is 0.550. The number of hydrogen-bond donors (Lipinski definition) is 2. The van der Waals surface area contributed by atoms with Crippen LogP contribution < -0.4 is 5.32 Å². The van der Waals surface area contributed by atoms with E-state index < -0.39 is 5.60 Å². The second-order valence-corrected chi connectivity index (χ2v) is 4.40.